The molecule has 2 amide bonds. The first-order chi connectivity index (χ1) is 16.4. The number of aromatic nitrogens is 3. The summed E-state index contributed by atoms with van der Waals surface area (Å²) in [6, 6.07) is 9.80. The second kappa shape index (κ2) is 8.62. The van der Waals surface area contributed by atoms with E-state index in [1.165, 1.54) is 0 Å². The van der Waals surface area contributed by atoms with Crippen LogP contribution in [0.25, 0.3) is 11.0 Å². The Morgan fingerprint density at radius 2 is 1.88 bits per heavy atom. The highest BCUT2D eigenvalue weighted by Crippen LogP contribution is 2.36. The van der Waals surface area contributed by atoms with Crippen molar-refractivity contribution in [3.05, 3.63) is 53.3 Å². The minimum atomic E-state index is -0.283. The number of hydrogen-bond acceptors (Lipinski definition) is 6. The van der Waals surface area contributed by atoms with E-state index in [2.05, 4.69) is 10.1 Å². The number of aryl methyl sites for hydroxylation is 2. The number of hydrogen-bond donors (Lipinski definition) is 0. The summed E-state index contributed by atoms with van der Waals surface area (Å²) >= 11 is 0. The molecule has 2 fully saturated rings. The fraction of sp³-hybridized carbons (Fsp3) is 0.440. The monoisotopic (exact) mass is 463 g/mol. The van der Waals surface area contributed by atoms with Crippen LogP contribution in [0.1, 0.15) is 47.5 Å². The Morgan fingerprint density at radius 3 is 2.56 bits per heavy atom. The summed E-state index contributed by atoms with van der Waals surface area (Å²) in [6.45, 7) is 5.00. The summed E-state index contributed by atoms with van der Waals surface area (Å²) in [7, 11) is 3.38. The number of likely N-dealkylation sites (tertiary alicyclic amines) is 1. The highest BCUT2D eigenvalue weighted by molar-refractivity contribution is 6.02. The smallest absolute Gasteiger partial charge is 0.411 e. The van der Waals surface area contributed by atoms with Gasteiger partial charge in [0.15, 0.2) is 5.65 Å². The van der Waals surface area contributed by atoms with Gasteiger partial charge in [-0.3, -0.25) is 14.4 Å². The van der Waals surface area contributed by atoms with Crippen molar-refractivity contribution < 1.29 is 19.1 Å². The third-order valence-electron chi connectivity index (χ3n) is 7.00. The van der Waals surface area contributed by atoms with Crippen LogP contribution in [0.3, 0.4) is 0 Å². The molecule has 2 aliphatic heterocycles. The molecule has 0 saturated carbocycles. The van der Waals surface area contributed by atoms with E-state index >= 15 is 0 Å². The maximum absolute atomic E-state index is 13.4. The molecule has 0 bridgehead atoms. The number of benzene rings is 1. The first kappa shape index (κ1) is 22.2. The molecule has 5 rings (SSSR count). The number of nitrogens with zero attached hydrogens (tertiary/aromatic N) is 5. The van der Waals surface area contributed by atoms with E-state index in [4.69, 9.17) is 9.47 Å². The van der Waals surface area contributed by atoms with Crippen LogP contribution in [-0.2, 0) is 11.8 Å². The van der Waals surface area contributed by atoms with Gasteiger partial charge in [-0.05, 0) is 32.3 Å². The van der Waals surface area contributed by atoms with Gasteiger partial charge in [-0.1, -0.05) is 30.3 Å². The molecule has 1 aromatic carbocycles. The van der Waals surface area contributed by atoms with E-state index in [-0.39, 0.29) is 30.2 Å². The van der Waals surface area contributed by atoms with E-state index in [0.29, 0.717) is 42.9 Å². The molecule has 0 aliphatic carbocycles. The second-order valence-electron chi connectivity index (χ2n) is 9.00. The summed E-state index contributed by atoms with van der Waals surface area (Å²) in [4.78, 5) is 34.3. The average molecular weight is 464 g/mol. The Kier molecular flexibility index (Phi) is 5.63. The first-order valence-electron chi connectivity index (χ1n) is 11.6. The fourth-order valence-corrected chi connectivity index (χ4v) is 5.31. The average Bonchev–Trinajstić information content (AvgIpc) is 3.32. The van der Waals surface area contributed by atoms with Crippen LogP contribution in [0, 0.1) is 6.92 Å². The van der Waals surface area contributed by atoms with Crippen molar-refractivity contribution in [3.63, 3.8) is 0 Å². The maximum Gasteiger partial charge on any atom is 0.411 e. The molecule has 0 unspecified atom stereocenters. The van der Waals surface area contributed by atoms with Gasteiger partial charge < -0.3 is 14.4 Å². The van der Waals surface area contributed by atoms with Crippen LogP contribution < -0.4 is 4.74 Å². The van der Waals surface area contributed by atoms with E-state index in [0.717, 1.165) is 16.6 Å². The van der Waals surface area contributed by atoms with Gasteiger partial charge in [0.05, 0.1) is 24.2 Å². The number of rotatable bonds is 4. The first-order valence-corrected chi connectivity index (χ1v) is 11.6. The molecule has 178 valence electrons. The predicted molar refractivity (Wildman–Crippen MR) is 126 cm³/mol. The molecule has 3 aromatic rings. The molecule has 2 atom stereocenters. The van der Waals surface area contributed by atoms with Crippen molar-refractivity contribution in [1.29, 1.82) is 0 Å². The van der Waals surface area contributed by atoms with Gasteiger partial charge in [0.25, 0.3) is 5.91 Å². The van der Waals surface area contributed by atoms with Crippen LogP contribution >= 0.6 is 0 Å². The zero-order chi connectivity index (χ0) is 24.0. The highest BCUT2D eigenvalue weighted by atomic mass is 16.6. The molecular formula is C25H29N5O4. The highest BCUT2D eigenvalue weighted by Gasteiger charge is 2.44. The Morgan fingerprint density at radius 1 is 1.18 bits per heavy atom. The lowest BCUT2D eigenvalue weighted by molar-refractivity contribution is 0.0637. The molecule has 9 nitrogen and oxygen atoms in total. The standard InChI is InChI=1S/C25H29N5O4/c1-15-20-22(33-4)19(14-26-23(20)28(3)27-15)24(31)29-12-10-18(11-13-29)30-16(2)21(34-25(30)32)17-8-6-5-7-9-17/h5-9,14,16,18,21H,10-13H2,1-4H3/t16-,21-/m1/s1. The van der Waals surface area contributed by atoms with E-state index in [1.54, 1.807) is 18.0 Å². The summed E-state index contributed by atoms with van der Waals surface area (Å²) < 4.78 is 13.1. The van der Waals surface area contributed by atoms with Gasteiger partial charge >= 0.3 is 6.09 Å². The van der Waals surface area contributed by atoms with Crippen molar-refractivity contribution in [2.75, 3.05) is 20.2 Å². The van der Waals surface area contributed by atoms with Gasteiger partial charge in [-0.15, -0.1) is 0 Å². The zero-order valence-corrected chi connectivity index (χ0v) is 19.9. The Bertz CT molecular complexity index is 1230. The minimum Gasteiger partial charge on any atom is -0.495 e. The van der Waals surface area contributed by atoms with Crippen LogP contribution in [-0.4, -0.2) is 68.8 Å². The molecule has 0 radical (unpaired) electrons. The molecule has 2 saturated heterocycles. The third-order valence-corrected chi connectivity index (χ3v) is 7.00. The number of ether oxygens (including phenoxy) is 2. The molecule has 0 spiro atoms. The second-order valence-corrected chi connectivity index (χ2v) is 9.00. The predicted octanol–water partition coefficient (Wildman–Crippen LogP) is 3.47. The Hall–Kier alpha value is -3.62. The van der Waals surface area contributed by atoms with Crippen molar-refractivity contribution in [3.8, 4) is 5.75 Å². The number of cyclic esters (lactones) is 1. The number of pyridine rings is 1. The van der Waals surface area contributed by atoms with E-state index in [9.17, 15) is 9.59 Å². The van der Waals surface area contributed by atoms with Crippen LogP contribution in [0.4, 0.5) is 4.79 Å². The van der Waals surface area contributed by atoms with Crippen LogP contribution in [0.5, 0.6) is 5.75 Å². The summed E-state index contributed by atoms with van der Waals surface area (Å²) in [5.74, 6) is 0.386. The number of piperidine rings is 1. The van der Waals surface area contributed by atoms with Gasteiger partial charge in [0.2, 0.25) is 0 Å². The number of amides is 2. The van der Waals surface area contributed by atoms with Crippen molar-refractivity contribution in [2.45, 2.75) is 44.9 Å². The molecule has 0 N–H and O–H groups in total. The fourth-order valence-electron chi connectivity index (χ4n) is 5.31. The normalized spacial score (nSPS) is 21.2. The van der Waals surface area contributed by atoms with Crippen LogP contribution in [0.15, 0.2) is 36.5 Å². The van der Waals surface area contributed by atoms with Crippen molar-refractivity contribution in [2.24, 2.45) is 7.05 Å². The molecule has 34 heavy (non-hydrogen) atoms. The lowest BCUT2D eigenvalue weighted by Crippen LogP contribution is -2.49. The topological polar surface area (TPSA) is 89.8 Å². The summed E-state index contributed by atoms with van der Waals surface area (Å²) in [5, 5.41) is 5.16. The van der Waals surface area contributed by atoms with Gasteiger partial charge in [0.1, 0.15) is 17.4 Å². The molecule has 9 heteroatoms. The number of carbonyl (C=O) groups is 2. The van der Waals surface area contributed by atoms with E-state index in [1.807, 2.05) is 61.0 Å². The Balaban J connectivity index is 1.31. The number of methoxy groups -OCH3 is 1. The minimum absolute atomic E-state index is 0.0309. The third kappa shape index (κ3) is 3.55. The number of fused-ring (bicyclic) bond motifs is 1. The van der Waals surface area contributed by atoms with Crippen molar-refractivity contribution >= 4 is 23.0 Å². The van der Waals surface area contributed by atoms with Gasteiger partial charge in [0, 0.05) is 32.4 Å². The SMILES string of the molecule is COc1c(C(=O)N2CCC(N3C(=O)O[C@@H](c4ccccc4)[C@H]3C)CC2)cnc2c1c(C)nn2C. The Labute approximate surface area is 198 Å². The summed E-state index contributed by atoms with van der Waals surface area (Å²) in [5.41, 5.74) is 2.88. The molecular weight excluding hydrogens is 434 g/mol. The number of carbonyl (C=O) groups excluding carboxylic acids is 2. The van der Waals surface area contributed by atoms with Gasteiger partial charge in [-0.25, -0.2) is 9.78 Å². The summed E-state index contributed by atoms with van der Waals surface area (Å²) in [6.07, 6.45) is 2.39. The van der Waals surface area contributed by atoms with Crippen molar-refractivity contribution in [1.82, 2.24) is 24.6 Å². The lowest BCUT2D eigenvalue weighted by Gasteiger charge is -2.37. The lowest BCUT2D eigenvalue weighted by atomic mass is 9.98. The van der Waals surface area contributed by atoms with Crippen LogP contribution in [0.2, 0.25) is 0 Å². The molecule has 2 aromatic heterocycles. The molecule has 2 aliphatic rings. The maximum atomic E-state index is 13.4. The molecule has 4 heterocycles. The van der Waals surface area contributed by atoms with E-state index < -0.39 is 0 Å². The quantitative estimate of drug-likeness (QED) is 0.589. The largest absolute Gasteiger partial charge is 0.495 e. The van der Waals surface area contributed by atoms with Gasteiger partial charge in [-0.2, -0.15) is 5.10 Å². The zero-order valence-electron chi connectivity index (χ0n) is 19.9.